The summed E-state index contributed by atoms with van der Waals surface area (Å²) < 4.78 is 9.23. The maximum absolute atomic E-state index is 12.2. The molecular weight excluding hydrogens is 324 g/mol. The van der Waals surface area contributed by atoms with E-state index < -0.39 is 11.9 Å². The summed E-state index contributed by atoms with van der Waals surface area (Å²) in [6.45, 7) is 2.50. The first-order chi connectivity index (χ1) is 12.0. The first kappa shape index (κ1) is 18.5. The van der Waals surface area contributed by atoms with Crippen molar-refractivity contribution in [2.24, 2.45) is 0 Å². The van der Waals surface area contributed by atoms with Gasteiger partial charge in [0, 0.05) is 24.3 Å². The van der Waals surface area contributed by atoms with Gasteiger partial charge in [0.2, 0.25) is 5.91 Å². The predicted molar refractivity (Wildman–Crippen MR) is 93.1 cm³/mol. The molecule has 0 atom stereocenters. The number of nitrogens with zero attached hydrogens (tertiary/aromatic N) is 1. The largest absolute Gasteiger partial charge is 0.466 e. The zero-order valence-electron chi connectivity index (χ0n) is 14.6. The maximum Gasteiger partial charge on any atom is 0.354 e. The Balaban J connectivity index is 2.33. The minimum absolute atomic E-state index is 0.0431. The number of hydrogen-bond donors (Lipinski definition) is 1. The summed E-state index contributed by atoms with van der Waals surface area (Å²) in [4.78, 5) is 37.2. The second-order valence-electron chi connectivity index (χ2n) is 5.54. The van der Waals surface area contributed by atoms with Gasteiger partial charge in [-0.1, -0.05) is 13.0 Å². The van der Waals surface area contributed by atoms with Crippen LogP contribution in [-0.4, -0.2) is 38.6 Å². The lowest BCUT2D eigenvalue weighted by atomic mass is 10.0. The van der Waals surface area contributed by atoms with Gasteiger partial charge in [0.25, 0.3) is 0 Å². The highest BCUT2D eigenvalue weighted by Crippen LogP contribution is 2.31. The highest BCUT2D eigenvalue weighted by molar-refractivity contribution is 5.99. The first-order valence-electron chi connectivity index (χ1n) is 8.08. The number of nitrogens with one attached hydrogen (secondary N) is 1. The smallest absolute Gasteiger partial charge is 0.354 e. The number of fused-ring (bicyclic) bond motifs is 1. The van der Waals surface area contributed by atoms with Gasteiger partial charge in [-0.3, -0.25) is 4.79 Å². The number of esters is 2. The third-order valence-corrected chi connectivity index (χ3v) is 3.96. The molecule has 1 N–H and O–H groups in total. The quantitative estimate of drug-likeness (QED) is 0.648. The molecule has 0 aliphatic carbocycles. The summed E-state index contributed by atoms with van der Waals surface area (Å²) in [5, 5.41) is 2.87. The fraction of sp³-hybridized carbons (Fsp3) is 0.389. The number of benzene rings is 1. The summed E-state index contributed by atoms with van der Waals surface area (Å²) in [6, 6.07) is 5.52. The summed E-state index contributed by atoms with van der Waals surface area (Å²) in [5.41, 5.74) is 2.44. The van der Waals surface area contributed by atoms with E-state index in [0.29, 0.717) is 18.7 Å². The molecule has 0 fully saturated rings. The van der Waals surface area contributed by atoms with Crippen LogP contribution in [0.3, 0.4) is 0 Å². The second-order valence-corrected chi connectivity index (χ2v) is 5.54. The molecule has 2 rings (SSSR count). The Bertz CT molecular complexity index is 711. The van der Waals surface area contributed by atoms with Gasteiger partial charge in [0.1, 0.15) is 5.70 Å². The Labute approximate surface area is 146 Å². The standard InChI is InChI=1S/C18H22N2O5/c1-4-16(21)20-9-5-6-12-7-8-13(10-15(12)20)19-14(18(23)25-3)11-17(22)24-2/h7-8,10-11,19H,4-6,9H2,1-3H3/b14-11+. The van der Waals surface area contributed by atoms with Crippen molar-refractivity contribution in [3.05, 3.63) is 35.5 Å². The van der Waals surface area contributed by atoms with Crippen LogP contribution in [0, 0.1) is 0 Å². The molecule has 1 aromatic rings. The molecule has 0 saturated heterocycles. The van der Waals surface area contributed by atoms with Crippen LogP contribution in [-0.2, 0) is 30.3 Å². The van der Waals surface area contributed by atoms with Gasteiger partial charge in [-0.15, -0.1) is 0 Å². The Kier molecular flexibility index (Phi) is 6.16. The molecule has 0 aromatic heterocycles. The zero-order valence-corrected chi connectivity index (χ0v) is 14.6. The molecule has 0 saturated carbocycles. The van der Waals surface area contributed by atoms with Gasteiger partial charge in [0.15, 0.2) is 0 Å². The molecule has 1 aliphatic rings. The Morgan fingerprint density at radius 1 is 1.24 bits per heavy atom. The topological polar surface area (TPSA) is 84.9 Å². The number of methoxy groups -OCH3 is 2. The van der Waals surface area contributed by atoms with E-state index in [4.69, 9.17) is 0 Å². The van der Waals surface area contributed by atoms with Crippen molar-refractivity contribution in [1.29, 1.82) is 0 Å². The lowest BCUT2D eigenvalue weighted by molar-refractivity contribution is -0.138. The number of carbonyl (C=O) groups excluding carboxylic acids is 3. The lowest BCUT2D eigenvalue weighted by Crippen LogP contribution is -2.34. The van der Waals surface area contributed by atoms with E-state index in [1.54, 1.807) is 17.0 Å². The number of anilines is 2. The van der Waals surface area contributed by atoms with Crippen molar-refractivity contribution < 1.29 is 23.9 Å². The van der Waals surface area contributed by atoms with Gasteiger partial charge >= 0.3 is 11.9 Å². The van der Waals surface area contributed by atoms with Crippen molar-refractivity contribution in [2.75, 3.05) is 31.0 Å². The number of hydrogen-bond acceptors (Lipinski definition) is 6. The normalized spacial score (nSPS) is 13.7. The highest BCUT2D eigenvalue weighted by Gasteiger charge is 2.22. The van der Waals surface area contributed by atoms with Crippen molar-refractivity contribution >= 4 is 29.2 Å². The van der Waals surface area contributed by atoms with Crippen molar-refractivity contribution in [3.63, 3.8) is 0 Å². The van der Waals surface area contributed by atoms with Crippen molar-refractivity contribution in [3.8, 4) is 0 Å². The molecule has 1 aliphatic heterocycles. The monoisotopic (exact) mass is 346 g/mol. The number of amides is 1. The number of rotatable bonds is 5. The minimum Gasteiger partial charge on any atom is -0.466 e. The number of carbonyl (C=O) groups is 3. The molecule has 1 amide bonds. The third-order valence-electron chi connectivity index (χ3n) is 3.96. The van der Waals surface area contributed by atoms with Gasteiger partial charge in [0.05, 0.1) is 20.3 Å². The second kappa shape index (κ2) is 8.32. The van der Waals surface area contributed by atoms with E-state index in [9.17, 15) is 14.4 Å². The summed E-state index contributed by atoms with van der Waals surface area (Å²) in [5.74, 6) is -1.31. The molecule has 0 bridgehead atoms. The molecule has 0 unspecified atom stereocenters. The van der Waals surface area contributed by atoms with E-state index in [-0.39, 0.29) is 11.6 Å². The Morgan fingerprint density at radius 2 is 2.00 bits per heavy atom. The lowest BCUT2D eigenvalue weighted by Gasteiger charge is -2.30. The Hall–Kier alpha value is -2.83. The average Bonchev–Trinajstić information content (AvgIpc) is 2.65. The van der Waals surface area contributed by atoms with Crippen LogP contribution < -0.4 is 10.2 Å². The first-order valence-corrected chi connectivity index (χ1v) is 8.08. The van der Waals surface area contributed by atoms with Gasteiger partial charge in [-0.25, -0.2) is 9.59 Å². The fourth-order valence-corrected chi connectivity index (χ4v) is 2.69. The molecular formula is C18H22N2O5. The van der Waals surface area contributed by atoms with Crippen LogP contribution in [0.15, 0.2) is 30.0 Å². The molecule has 0 radical (unpaired) electrons. The van der Waals surface area contributed by atoms with Crippen LogP contribution >= 0.6 is 0 Å². The van der Waals surface area contributed by atoms with Gasteiger partial charge < -0.3 is 19.7 Å². The Morgan fingerprint density at radius 3 is 2.64 bits per heavy atom. The van der Waals surface area contributed by atoms with Crippen LogP contribution in [0.25, 0.3) is 0 Å². The average molecular weight is 346 g/mol. The summed E-state index contributed by atoms with van der Waals surface area (Å²) in [6.07, 6.45) is 3.26. The highest BCUT2D eigenvalue weighted by atomic mass is 16.5. The summed E-state index contributed by atoms with van der Waals surface area (Å²) >= 11 is 0. The van der Waals surface area contributed by atoms with E-state index in [2.05, 4.69) is 14.8 Å². The number of ether oxygens (including phenoxy) is 2. The van der Waals surface area contributed by atoms with Crippen LogP contribution in [0.1, 0.15) is 25.3 Å². The molecule has 1 aromatic carbocycles. The SMILES string of the molecule is CCC(=O)N1CCCc2ccc(N/C(=C/C(=O)OC)C(=O)OC)cc21. The molecule has 1 heterocycles. The minimum atomic E-state index is -0.690. The zero-order chi connectivity index (χ0) is 18.4. The van der Waals surface area contributed by atoms with Gasteiger partial charge in [-0.05, 0) is 30.5 Å². The fourth-order valence-electron chi connectivity index (χ4n) is 2.69. The van der Waals surface area contributed by atoms with E-state index in [0.717, 1.165) is 30.2 Å². The van der Waals surface area contributed by atoms with Crippen LogP contribution in [0.4, 0.5) is 11.4 Å². The van der Waals surface area contributed by atoms with E-state index in [1.807, 2.05) is 13.0 Å². The van der Waals surface area contributed by atoms with E-state index in [1.165, 1.54) is 14.2 Å². The third kappa shape index (κ3) is 4.37. The molecule has 7 heteroatoms. The predicted octanol–water partition coefficient (Wildman–Crippen LogP) is 2.02. The number of aryl methyl sites for hydroxylation is 1. The molecule has 25 heavy (non-hydrogen) atoms. The van der Waals surface area contributed by atoms with Crippen molar-refractivity contribution in [2.45, 2.75) is 26.2 Å². The van der Waals surface area contributed by atoms with Crippen LogP contribution in [0.5, 0.6) is 0 Å². The summed E-state index contributed by atoms with van der Waals surface area (Å²) in [7, 11) is 2.45. The van der Waals surface area contributed by atoms with Crippen LogP contribution in [0.2, 0.25) is 0 Å². The molecule has 134 valence electrons. The maximum atomic E-state index is 12.2. The molecule has 0 spiro atoms. The molecule has 7 nitrogen and oxygen atoms in total. The van der Waals surface area contributed by atoms with Gasteiger partial charge in [-0.2, -0.15) is 0 Å². The van der Waals surface area contributed by atoms with Crippen molar-refractivity contribution in [1.82, 2.24) is 0 Å². The van der Waals surface area contributed by atoms with E-state index >= 15 is 0 Å².